The number of carboxylic acid groups (broad SMARTS) is 1. The fraction of sp³-hybridized carbons (Fsp3) is 0.333. The van der Waals surface area contributed by atoms with Crippen LogP contribution in [-0.4, -0.2) is 21.3 Å². The van der Waals surface area contributed by atoms with E-state index in [0.29, 0.717) is 12.1 Å². The van der Waals surface area contributed by atoms with Gasteiger partial charge in [0.1, 0.15) is 0 Å². The maximum atomic E-state index is 11.0. The number of aromatic carboxylic acids is 1. The number of fused-ring (bicyclic) bond motifs is 1. The highest BCUT2D eigenvalue weighted by Crippen LogP contribution is 2.27. The molecule has 3 N–H and O–H groups in total. The number of H-pyrrole nitrogens is 1. The molecule has 1 unspecified atom stereocenters. The Morgan fingerprint density at radius 1 is 1.50 bits per heavy atom. The molecule has 0 aliphatic heterocycles. The van der Waals surface area contributed by atoms with E-state index in [1.165, 1.54) is 11.3 Å². The summed E-state index contributed by atoms with van der Waals surface area (Å²) >= 11 is 0. The van der Waals surface area contributed by atoms with Gasteiger partial charge in [-0.15, -0.1) is 0 Å². The summed E-state index contributed by atoms with van der Waals surface area (Å²) in [6, 6.07) is 7.32. The first-order chi connectivity index (χ1) is 9.74. The van der Waals surface area contributed by atoms with Crippen molar-refractivity contribution in [1.82, 2.24) is 15.5 Å². The number of hydrogen-bond donors (Lipinski definition) is 3. The van der Waals surface area contributed by atoms with E-state index in [2.05, 4.69) is 15.5 Å². The Morgan fingerprint density at radius 3 is 3.25 bits per heavy atom. The van der Waals surface area contributed by atoms with Crippen LogP contribution in [0.5, 0.6) is 0 Å². The molecular formula is C15H17N3O2. The normalized spacial score (nSPS) is 17.7. The molecule has 3 rings (SSSR count). The van der Waals surface area contributed by atoms with Crippen molar-refractivity contribution in [2.75, 3.05) is 0 Å². The molecule has 0 saturated heterocycles. The standard InChI is InChI=1S/C15H17N3O2/c19-15(20)11-4-1-3-10(7-11)8-16-13-6-2-5-12-9-17-18-14(12)13/h1,3-4,7,9,13,16H,2,5-6,8H2,(H,17,18)(H,19,20). The summed E-state index contributed by atoms with van der Waals surface area (Å²) in [6.07, 6.45) is 5.21. The zero-order chi connectivity index (χ0) is 13.9. The maximum absolute atomic E-state index is 11.0. The van der Waals surface area contributed by atoms with Crippen molar-refractivity contribution in [2.45, 2.75) is 31.8 Å². The fourth-order valence-corrected chi connectivity index (χ4v) is 2.72. The molecule has 2 aromatic rings. The van der Waals surface area contributed by atoms with Crippen molar-refractivity contribution in [2.24, 2.45) is 0 Å². The maximum Gasteiger partial charge on any atom is 0.335 e. The summed E-state index contributed by atoms with van der Waals surface area (Å²) in [5.74, 6) is -0.889. The minimum Gasteiger partial charge on any atom is -0.478 e. The van der Waals surface area contributed by atoms with Crippen LogP contribution in [-0.2, 0) is 13.0 Å². The monoisotopic (exact) mass is 271 g/mol. The number of nitrogens with one attached hydrogen (secondary N) is 2. The summed E-state index contributed by atoms with van der Waals surface area (Å²) in [6.45, 7) is 0.657. The molecule has 0 bridgehead atoms. The highest BCUT2D eigenvalue weighted by molar-refractivity contribution is 5.87. The molecule has 1 aliphatic carbocycles. The van der Waals surface area contributed by atoms with E-state index in [0.717, 1.165) is 24.8 Å². The van der Waals surface area contributed by atoms with Crippen LogP contribution in [0.25, 0.3) is 0 Å². The van der Waals surface area contributed by atoms with Crippen molar-refractivity contribution in [3.8, 4) is 0 Å². The van der Waals surface area contributed by atoms with Gasteiger partial charge in [-0.2, -0.15) is 5.10 Å². The second-order valence-corrected chi connectivity index (χ2v) is 5.14. The van der Waals surface area contributed by atoms with E-state index in [1.807, 2.05) is 12.3 Å². The fourth-order valence-electron chi connectivity index (χ4n) is 2.72. The van der Waals surface area contributed by atoms with Crippen LogP contribution < -0.4 is 5.32 Å². The second-order valence-electron chi connectivity index (χ2n) is 5.14. The van der Waals surface area contributed by atoms with Crippen LogP contribution in [0.15, 0.2) is 30.5 Å². The summed E-state index contributed by atoms with van der Waals surface area (Å²) in [7, 11) is 0. The van der Waals surface area contributed by atoms with Gasteiger partial charge < -0.3 is 10.4 Å². The van der Waals surface area contributed by atoms with Gasteiger partial charge in [0.15, 0.2) is 0 Å². The number of aromatic nitrogens is 2. The molecule has 0 amide bonds. The van der Waals surface area contributed by atoms with E-state index in [1.54, 1.807) is 18.2 Å². The number of rotatable bonds is 4. The van der Waals surface area contributed by atoms with Gasteiger partial charge in [0, 0.05) is 12.6 Å². The summed E-state index contributed by atoms with van der Waals surface area (Å²) in [5, 5.41) is 19.6. The zero-order valence-electron chi connectivity index (χ0n) is 11.1. The Balaban J connectivity index is 1.69. The SMILES string of the molecule is O=C(O)c1cccc(CNC2CCCc3cn[nH]c32)c1. The third-order valence-electron chi connectivity index (χ3n) is 3.77. The quantitative estimate of drug-likeness (QED) is 0.797. The van der Waals surface area contributed by atoms with Gasteiger partial charge >= 0.3 is 5.97 Å². The molecule has 1 aromatic heterocycles. The lowest BCUT2D eigenvalue weighted by Crippen LogP contribution is -2.25. The van der Waals surface area contributed by atoms with Crippen molar-refractivity contribution in [3.05, 3.63) is 52.8 Å². The number of aromatic amines is 1. The molecule has 5 nitrogen and oxygen atoms in total. The van der Waals surface area contributed by atoms with E-state index >= 15 is 0 Å². The topological polar surface area (TPSA) is 78.0 Å². The number of carboxylic acids is 1. The van der Waals surface area contributed by atoms with Crippen LogP contribution >= 0.6 is 0 Å². The summed E-state index contributed by atoms with van der Waals surface area (Å²) < 4.78 is 0. The molecule has 5 heteroatoms. The molecular weight excluding hydrogens is 254 g/mol. The molecule has 20 heavy (non-hydrogen) atoms. The Morgan fingerprint density at radius 2 is 2.40 bits per heavy atom. The van der Waals surface area contributed by atoms with Gasteiger partial charge in [0.05, 0.1) is 17.5 Å². The molecule has 0 fully saturated rings. The van der Waals surface area contributed by atoms with Crippen LogP contribution in [0.1, 0.15) is 46.1 Å². The van der Waals surface area contributed by atoms with E-state index in [-0.39, 0.29) is 6.04 Å². The van der Waals surface area contributed by atoms with Crippen LogP contribution in [0.4, 0.5) is 0 Å². The van der Waals surface area contributed by atoms with E-state index < -0.39 is 5.97 Å². The second kappa shape index (κ2) is 5.46. The Labute approximate surface area is 117 Å². The Bertz CT molecular complexity index is 621. The predicted molar refractivity (Wildman–Crippen MR) is 74.5 cm³/mol. The number of carbonyl (C=O) groups is 1. The number of aryl methyl sites for hydroxylation is 1. The molecule has 1 aliphatic rings. The molecule has 0 spiro atoms. The van der Waals surface area contributed by atoms with Gasteiger partial charge in [-0.25, -0.2) is 4.79 Å². The zero-order valence-corrected chi connectivity index (χ0v) is 11.1. The Hall–Kier alpha value is -2.14. The molecule has 104 valence electrons. The van der Waals surface area contributed by atoms with Crippen LogP contribution in [0, 0.1) is 0 Å². The number of benzene rings is 1. The molecule has 0 saturated carbocycles. The Kier molecular flexibility index (Phi) is 3.52. The largest absolute Gasteiger partial charge is 0.478 e. The van der Waals surface area contributed by atoms with Crippen molar-refractivity contribution < 1.29 is 9.90 Å². The van der Waals surface area contributed by atoms with Crippen molar-refractivity contribution in [3.63, 3.8) is 0 Å². The third-order valence-corrected chi connectivity index (χ3v) is 3.77. The number of nitrogens with zero attached hydrogens (tertiary/aromatic N) is 1. The molecule has 1 heterocycles. The van der Waals surface area contributed by atoms with Gasteiger partial charge in [0.25, 0.3) is 0 Å². The van der Waals surface area contributed by atoms with Gasteiger partial charge in [-0.1, -0.05) is 12.1 Å². The lowest BCUT2D eigenvalue weighted by molar-refractivity contribution is 0.0696. The van der Waals surface area contributed by atoms with Crippen molar-refractivity contribution in [1.29, 1.82) is 0 Å². The van der Waals surface area contributed by atoms with Crippen molar-refractivity contribution >= 4 is 5.97 Å². The highest BCUT2D eigenvalue weighted by atomic mass is 16.4. The van der Waals surface area contributed by atoms with Crippen LogP contribution in [0.3, 0.4) is 0 Å². The minimum atomic E-state index is -0.889. The molecule has 1 aromatic carbocycles. The first-order valence-corrected chi connectivity index (χ1v) is 6.82. The molecule has 0 radical (unpaired) electrons. The van der Waals surface area contributed by atoms with Gasteiger partial charge in [-0.05, 0) is 42.5 Å². The smallest absolute Gasteiger partial charge is 0.335 e. The van der Waals surface area contributed by atoms with Gasteiger partial charge in [-0.3, -0.25) is 5.10 Å². The van der Waals surface area contributed by atoms with E-state index in [4.69, 9.17) is 5.11 Å². The summed E-state index contributed by atoms with van der Waals surface area (Å²) in [5.41, 5.74) is 3.77. The predicted octanol–water partition coefficient (Wildman–Crippen LogP) is 2.28. The minimum absolute atomic E-state index is 0.273. The lowest BCUT2D eigenvalue weighted by Gasteiger charge is -2.23. The van der Waals surface area contributed by atoms with Crippen LogP contribution in [0.2, 0.25) is 0 Å². The third kappa shape index (κ3) is 2.58. The first kappa shape index (κ1) is 12.9. The number of hydrogen-bond acceptors (Lipinski definition) is 3. The van der Waals surface area contributed by atoms with E-state index in [9.17, 15) is 4.79 Å². The lowest BCUT2D eigenvalue weighted by atomic mass is 9.93. The summed E-state index contributed by atoms with van der Waals surface area (Å²) in [4.78, 5) is 11.0. The van der Waals surface area contributed by atoms with Gasteiger partial charge in [0.2, 0.25) is 0 Å². The molecule has 1 atom stereocenters. The highest BCUT2D eigenvalue weighted by Gasteiger charge is 2.21. The average Bonchev–Trinajstić information content (AvgIpc) is 2.94. The average molecular weight is 271 g/mol. The first-order valence-electron chi connectivity index (χ1n) is 6.82.